The van der Waals surface area contributed by atoms with Gasteiger partial charge in [0, 0.05) is 64.9 Å². The lowest BCUT2D eigenvalue weighted by Crippen LogP contribution is -2.44. The van der Waals surface area contributed by atoms with Gasteiger partial charge < -0.3 is 31.3 Å². The summed E-state index contributed by atoms with van der Waals surface area (Å²) in [4.78, 5) is 0. The van der Waals surface area contributed by atoms with Gasteiger partial charge in [0.1, 0.15) is 12.4 Å². The van der Waals surface area contributed by atoms with Crippen LogP contribution in [0.1, 0.15) is 11.1 Å². The topological polar surface area (TPSA) is 69.4 Å². The number of ether oxygens (including phenoxy) is 1. The molecule has 0 amide bonds. The second-order valence-corrected chi connectivity index (χ2v) is 7.69. The molecule has 1 saturated heterocycles. The summed E-state index contributed by atoms with van der Waals surface area (Å²) in [7, 11) is 0. The molecule has 1 aliphatic rings. The molecule has 1 heterocycles. The zero-order valence-corrected chi connectivity index (χ0v) is 18.0. The van der Waals surface area contributed by atoms with Crippen molar-refractivity contribution in [2.45, 2.75) is 19.1 Å². The summed E-state index contributed by atoms with van der Waals surface area (Å²) < 4.78 is 6.17. The van der Waals surface area contributed by atoms with Gasteiger partial charge >= 0.3 is 0 Å². The maximum absolute atomic E-state index is 6.17. The Morgan fingerprint density at radius 1 is 0.667 bits per heavy atom. The first-order valence-electron chi connectivity index (χ1n) is 11.2. The molecule has 0 saturated carbocycles. The molecular formula is C24H37N5O. The van der Waals surface area contributed by atoms with Crippen molar-refractivity contribution in [3.8, 4) is 5.75 Å². The minimum Gasteiger partial charge on any atom is -0.489 e. The quantitative estimate of drug-likeness (QED) is 0.508. The lowest BCUT2D eigenvalue weighted by atomic mass is 10.0. The Morgan fingerprint density at radius 3 is 2.00 bits per heavy atom. The number of rotatable bonds is 5. The predicted molar refractivity (Wildman–Crippen MR) is 124 cm³/mol. The second-order valence-electron chi connectivity index (χ2n) is 7.69. The SMILES string of the molecule is c1ccc(COc2ccccc2CC2CNCCNCCNCCNCCN2)cc1. The third-order valence-electron chi connectivity index (χ3n) is 5.24. The van der Waals surface area contributed by atoms with Crippen molar-refractivity contribution in [1.82, 2.24) is 26.6 Å². The Morgan fingerprint density at radius 2 is 1.27 bits per heavy atom. The normalized spacial score (nSPS) is 20.1. The van der Waals surface area contributed by atoms with E-state index in [1.165, 1.54) is 11.1 Å². The summed E-state index contributed by atoms with van der Waals surface area (Å²) in [5.41, 5.74) is 2.44. The fourth-order valence-corrected chi connectivity index (χ4v) is 3.58. The smallest absolute Gasteiger partial charge is 0.123 e. The zero-order valence-electron chi connectivity index (χ0n) is 18.0. The minimum absolute atomic E-state index is 0.358. The van der Waals surface area contributed by atoms with Crippen LogP contribution in [-0.4, -0.2) is 64.9 Å². The Bertz CT molecular complexity index is 681. The van der Waals surface area contributed by atoms with Gasteiger partial charge in [-0.3, -0.25) is 0 Å². The summed E-state index contributed by atoms with van der Waals surface area (Å²) in [6.45, 7) is 9.46. The van der Waals surface area contributed by atoms with Crippen molar-refractivity contribution in [3.05, 3.63) is 65.7 Å². The number of hydrogen-bond donors (Lipinski definition) is 5. The highest BCUT2D eigenvalue weighted by Crippen LogP contribution is 2.21. The van der Waals surface area contributed by atoms with Gasteiger partial charge in [-0.25, -0.2) is 0 Å². The number of benzene rings is 2. The highest BCUT2D eigenvalue weighted by atomic mass is 16.5. The molecule has 6 nitrogen and oxygen atoms in total. The average molecular weight is 412 g/mol. The van der Waals surface area contributed by atoms with Gasteiger partial charge in [0.25, 0.3) is 0 Å². The molecule has 3 rings (SSSR count). The Hall–Kier alpha value is -1.96. The molecule has 1 atom stereocenters. The molecule has 6 heteroatoms. The molecule has 2 aromatic carbocycles. The number of para-hydroxylation sites is 1. The van der Waals surface area contributed by atoms with Crippen LogP contribution >= 0.6 is 0 Å². The first-order chi connectivity index (χ1) is 14.9. The summed E-state index contributed by atoms with van der Waals surface area (Å²) in [6, 6.07) is 19.1. The first-order valence-corrected chi connectivity index (χ1v) is 11.2. The molecule has 1 unspecified atom stereocenters. The van der Waals surface area contributed by atoms with E-state index in [0.717, 1.165) is 71.1 Å². The molecule has 30 heavy (non-hydrogen) atoms. The van der Waals surface area contributed by atoms with Crippen molar-refractivity contribution in [3.63, 3.8) is 0 Å². The maximum Gasteiger partial charge on any atom is 0.123 e. The van der Waals surface area contributed by atoms with Gasteiger partial charge in [0.2, 0.25) is 0 Å². The van der Waals surface area contributed by atoms with Crippen LogP contribution < -0.4 is 31.3 Å². The van der Waals surface area contributed by atoms with Gasteiger partial charge in [-0.05, 0) is 23.6 Å². The monoisotopic (exact) mass is 411 g/mol. The fourth-order valence-electron chi connectivity index (χ4n) is 3.58. The number of nitrogens with one attached hydrogen (secondary N) is 5. The summed E-state index contributed by atoms with van der Waals surface area (Å²) in [5.74, 6) is 0.977. The van der Waals surface area contributed by atoms with Gasteiger partial charge in [-0.2, -0.15) is 0 Å². The second kappa shape index (κ2) is 14.1. The molecule has 0 aromatic heterocycles. The van der Waals surface area contributed by atoms with E-state index in [2.05, 4.69) is 75.1 Å². The van der Waals surface area contributed by atoms with E-state index >= 15 is 0 Å². The Balaban J connectivity index is 1.55. The lowest BCUT2D eigenvalue weighted by Gasteiger charge is -2.21. The van der Waals surface area contributed by atoms with Crippen LogP contribution in [0.3, 0.4) is 0 Å². The largest absolute Gasteiger partial charge is 0.489 e. The molecule has 164 valence electrons. The Labute approximate surface area is 181 Å². The molecule has 0 aliphatic carbocycles. The summed E-state index contributed by atoms with van der Waals surface area (Å²) in [6.07, 6.45) is 0.937. The van der Waals surface area contributed by atoms with Crippen LogP contribution in [-0.2, 0) is 13.0 Å². The highest BCUT2D eigenvalue weighted by Gasteiger charge is 2.12. The van der Waals surface area contributed by atoms with E-state index in [1.807, 2.05) is 6.07 Å². The van der Waals surface area contributed by atoms with E-state index < -0.39 is 0 Å². The van der Waals surface area contributed by atoms with Crippen molar-refractivity contribution < 1.29 is 4.74 Å². The molecule has 1 aliphatic heterocycles. The summed E-state index contributed by atoms with van der Waals surface area (Å²) >= 11 is 0. The van der Waals surface area contributed by atoms with Gasteiger partial charge in [0.15, 0.2) is 0 Å². The predicted octanol–water partition coefficient (Wildman–Crippen LogP) is 1.14. The van der Waals surface area contributed by atoms with Crippen molar-refractivity contribution in [1.29, 1.82) is 0 Å². The molecule has 1 fully saturated rings. The van der Waals surface area contributed by atoms with Crippen LogP contribution in [0.15, 0.2) is 54.6 Å². The minimum atomic E-state index is 0.358. The molecular weight excluding hydrogens is 374 g/mol. The van der Waals surface area contributed by atoms with Crippen LogP contribution in [0.25, 0.3) is 0 Å². The molecule has 0 radical (unpaired) electrons. The lowest BCUT2D eigenvalue weighted by molar-refractivity contribution is 0.301. The van der Waals surface area contributed by atoms with Crippen LogP contribution in [0, 0.1) is 0 Å². The van der Waals surface area contributed by atoms with E-state index in [9.17, 15) is 0 Å². The van der Waals surface area contributed by atoms with E-state index in [1.54, 1.807) is 0 Å². The third-order valence-corrected chi connectivity index (χ3v) is 5.24. The van der Waals surface area contributed by atoms with Crippen molar-refractivity contribution >= 4 is 0 Å². The molecule has 5 N–H and O–H groups in total. The highest BCUT2D eigenvalue weighted by molar-refractivity contribution is 5.34. The van der Waals surface area contributed by atoms with Gasteiger partial charge in [-0.1, -0.05) is 48.5 Å². The molecule has 2 aromatic rings. The van der Waals surface area contributed by atoms with Crippen LogP contribution in [0.2, 0.25) is 0 Å². The Kier molecular flexibility index (Phi) is 10.7. The molecule has 0 bridgehead atoms. The standard InChI is InChI=1S/C24H37N5O/c1-2-6-21(7-3-1)20-30-24-9-5-4-8-22(24)18-23-19-28-15-14-26-11-10-25-12-13-27-16-17-29-23/h1-9,23,25-29H,10-20H2. The van der Waals surface area contributed by atoms with Crippen LogP contribution in [0.5, 0.6) is 5.75 Å². The zero-order chi connectivity index (χ0) is 20.7. The van der Waals surface area contributed by atoms with Crippen molar-refractivity contribution in [2.24, 2.45) is 0 Å². The fraction of sp³-hybridized carbons (Fsp3) is 0.500. The van der Waals surface area contributed by atoms with E-state index in [0.29, 0.717) is 12.6 Å². The first kappa shape index (κ1) is 22.7. The summed E-state index contributed by atoms with van der Waals surface area (Å²) in [5, 5.41) is 17.7. The maximum atomic E-state index is 6.17. The van der Waals surface area contributed by atoms with E-state index in [-0.39, 0.29) is 0 Å². The number of hydrogen-bond acceptors (Lipinski definition) is 6. The van der Waals surface area contributed by atoms with Gasteiger partial charge in [-0.15, -0.1) is 0 Å². The average Bonchev–Trinajstić information content (AvgIpc) is 2.79. The third kappa shape index (κ3) is 8.81. The van der Waals surface area contributed by atoms with Crippen molar-refractivity contribution in [2.75, 3.05) is 58.9 Å². The van der Waals surface area contributed by atoms with Crippen LogP contribution in [0.4, 0.5) is 0 Å². The molecule has 0 spiro atoms. The van der Waals surface area contributed by atoms with E-state index in [4.69, 9.17) is 4.74 Å². The van der Waals surface area contributed by atoms with Gasteiger partial charge in [0.05, 0.1) is 0 Å².